The molecule has 1 saturated heterocycles. The number of anilines is 2. The summed E-state index contributed by atoms with van der Waals surface area (Å²) in [7, 11) is 0. The molecule has 0 spiro atoms. The van der Waals surface area contributed by atoms with E-state index >= 15 is 0 Å². The summed E-state index contributed by atoms with van der Waals surface area (Å²) in [4.78, 5) is 17.0. The van der Waals surface area contributed by atoms with Crippen LogP contribution in [-0.4, -0.2) is 23.9 Å². The number of unbranched alkanes of at least 4 members (excludes halogenated alkanes) is 1. The molecule has 0 atom stereocenters. The van der Waals surface area contributed by atoms with E-state index in [4.69, 9.17) is 11.6 Å². The van der Waals surface area contributed by atoms with Crippen molar-refractivity contribution in [2.75, 3.05) is 18.0 Å². The van der Waals surface area contributed by atoms with Crippen molar-refractivity contribution >= 4 is 28.9 Å². The molecule has 1 aliphatic heterocycles. The predicted octanol–water partition coefficient (Wildman–Crippen LogP) is 6.73. The Hall–Kier alpha value is -2.26. The van der Waals surface area contributed by atoms with Gasteiger partial charge in [-0.05, 0) is 74.6 Å². The molecule has 2 aromatic rings. The molecule has 0 saturated carbocycles. The van der Waals surface area contributed by atoms with E-state index in [0.29, 0.717) is 5.02 Å². The molecular formula is C24H29ClN2O. The van der Waals surface area contributed by atoms with Crippen LogP contribution in [0.3, 0.4) is 0 Å². The first kappa shape index (κ1) is 20.5. The number of halogens is 1. The number of allylic oxidation sites excluding steroid dienone is 1. The molecule has 0 unspecified atom stereocenters. The quantitative estimate of drug-likeness (QED) is 0.540. The van der Waals surface area contributed by atoms with Crippen LogP contribution in [0.2, 0.25) is 5.02 Å². The fourth-order valence-corrected chi connectivity index (χ4v) is 3.80. The summed E-state index contributed by atoms with van der Waals surface area (Å²) >= 11 is 6.23. The molecule has 28 heavy (non-hydrogen) atoms. The second kappa shape index (κ2) is 9.79. The Labute approximate surface area is 173 Å². The average molecular weight is 397 g/mol. The van der Waals surface area contributed by atoms with Crippen molar-refractivity contribution in [3.8, 4) is 0 Å². The molecule has 0 N–H and O–H groups in total. The summed E-state index contributed by atoms with van der Waals surface area (Å²) in [6.45, 7) is 5.97. The zero-order valence-electron chi connectivity index (χ0n) is 16.8. The van der Waals surface area contributed by atoms with E-state index < -0.39 is 0 Å². The first-order valence-corrected chi connectivity index (χ1v) is 10.6. The van der Waals surface area contributed by atoms with Crippen LogP contribution in [0, 0.1) is 6.92 Å². The second-order valence-electron chi connectivity index (χ2n) is 7.38. The summed E-state index contributed by atoms with van der Waals surface area (Å²) in [5, 5.41) is 0.709. The zero-order valence-corrected chi connectivity index (χ0v) is 17.6. The highest BCUT2D eigenvalue weighted by atomic mass is 35.5. The van der Waals surface area contributed by atoms with Crippen LogP contribution in [0.1, 0.15) is 54.9 Å². The summed E-state index contributed by atoms with van der Waals surface area (Å²) in [6.07, 6.45) is 9.82. The Morgan fingerprint density at radius 3 is 2.61 bits per heavy atom. The number of carbonyl (C=O) groups excluding carboxylic acids is 1. The lowest BCUT2D eigenvalue weighted by Crippen LogP contribution is -2.35. The molecule has 3 rings (SSSR count). The van der Waals surface area contributed by atoms with Crippen molar-refractivity contribution in [2.24, 2.45) is 0 Å². The van der Waals surface area contributed by atoms with Gasteiger partial charge < -0.3 is 9.80 Å². The number of aryl methyl sites for hydroxylation is 1. The zero-order chi connectivity index (χ0) is 19.9. The fraction of sp³-hybridized carbons (Fsp3) is 0.375. The molecule has 0 bridgehead atoms. The molecule has 4 heteroatoms. The van der Waals surface area contributed by atoms with E-state index in [-0.39, 0.29) is 5.91 Å². The van der Waals surface area contributed by atoms with Crippen LogP contribution in [0.15, 0.2) is 54.7 Å². The Morgan fingerprint density at radius 2 is 1.93 bits per heavy atom. The normalized spacial score (nSPS) is 14.5. The van der Waals surface area contributed by atoms with E-state index in [1.54, 1.807) is 0 Å². The van der Waals surface area contributed by atoms with Gasteiger partial charge in [-0.3, -0.25) is 4.79 Å². The second-order valence-corrected chi connectivity index (χ2v) is 7.81. The molecule has 2 aromatic carbocycles. The van der Waals surface area contributed by atoms with E-state index in [9.17, 15) is 4.79 Å². The number of benzene rings is 2. The molecule has 0 aliphatic carbocycles. The summed E-state index contributed by atoms with van der Waals surface area (Å²) in [5.41, 5.74) is 3.92. The summed E-state index contributed by atoms with van der Waals surface area (Å²) in [6, 6.07) is 13.9. The number of likely N-dealkylation sites (tertiary alicyclic amines) is 1. The third-order valence-corrected chi connectivity index (χ3v) is 5.38. The van der Waals surface area contributed by atoms with Crippen molar-refractivity contribution < 1.29 is 4.79 Å². The Balaban J connectivity index is 1.90. The van der Waals surface area contributed by atoms with Crippen LogP contribution < -0.4 is 4.90 Å². The van der Waals surface area contributed by atoms with Gasteiger partial charge in [-0.25, -0.2) is 0 Å². The standard InChI is InChI=1S/C24H29ClN2O/c1-3-4-6-16-27(22-11-9-10-21(25)18-22)23-13-12-20(17-19(23)2)24(28)26-14-7-5-8-15-26/h6,9-13,16-18H,3-5,7-8,14-15H2,1-2H3/b16-6+. The minimum absolute atomic E-state index is 0.144. The van der Waals surface area contributed by atoms with Gasteiger partial charge in [0.2, 0.25) is 0 Å². The number of amides is 1. The Bertz CT molecular complexity index is 840. The largest absolute Gasteiger partial charge is 0.339 e. The number of piperidine rings is 1. The van der Waals surface area contributed by atoms with Gasteiger partial charge in [-0.1, -0.05) is 37.1 Å². The Morgan fingerprint density at radius 1 is 1.14 bits per heavy atom. The first-order chi connectivity index (χ1) is 13.6. The lowest BCUT2D eigenvalue weighted by Gasteiger charge is -2.28. The maximum absolute atomic E-state index is 12.8. The number of hydrogen-bond acceptors (Lipinski definition) is 2. The van der Waals surface area contributed by atoms with Gasteiger partial charge in [-0.2, -0.15) is 0 Å². The van der Waals surface area contributed by atoms with Crippen molar-refractivity contribution in [1.29, 1.82) is 0 Å². The maximum atomic E-state index is 12.8. The highest BCUT2D eigenvalue weighted by Gasteiger charge is 2.19. The van der Waals surface area contributed by atoms with Gasteiger partial charge in [0.15, 0.2) is 0 Å². The summed E-state index contributed by atoms with van der Waals surface area (Å²) < 4.78 is 0. The number of carbonyl (C=O) groups is 1. The molecule has 1 fully saturated rings. The third-order valence-electron chi connectivity index (χ3n) is 5.14. The van der Waals surface area contributed by atoms with E-state index in [1.165, 1.54) is 6.42 Å². The van der Waals surface area contributed by atoms with Gasteiger partial charge >= 0.3 is 0 Å². The molecular weight excluding hydrogens is 368 g/mol. The molecule has 3 nitrogen and oxygen atoms in total. The van der Waals surface area contributed by atoms with Gasteiger partial charge in [-0.15, -0.1) is 0 Å². The topological polar surface area (TPSA) is 23.6 Å². The molecule has 148 valence electrons. The third kappa shape index (κ3) is 4.96. The van der Waals surface area contributed by atoms with Crippen LogP contribution in [0.4, 0.5) is 11.4 Å². The van der Waals surface area contributed by atoms with Gasteiger partial charge in [0.05, 0.1) is 0 Å². The van der Waals surface area contributed by atoms with Gasteiger partial charge in [0.25, 0.3) is 5.91 Å². The smallest absolute Gasteiger partial charge is 0.253 e. The molecule has 1 aliphatic rings. The molecule has 1 heterocycles. The Kier molecular flexibility index (Phi) is 7.16. The fourth-order valence-electron chi connectivity index (χ4n) is 3.62. The van der Waals surface area contributed by atoms with E-state index in [1.807, 2.05) is 41.3 Å². The van der Waals surface area contributed by atoms with Crippen molar-refractivity contribution in [3.63, 3.8) is 0 Å². The molecule has 0 aromatic heterocycles. The lowest BCUT2D eigenvalue weighted by molar-refractivity contribution is 0.0724. The molecule has 1 amide bonds. The first-order valence-electron chi connectivity index (χ1n) is 10.2. The summed E-state index contributed by atoms with van der Waals surface area (Å²) in [5.74, 6) is 0.144. The highest BCUT2D eigenvalue weighted by molar-refractivity contribution is 6.30. The van der Waals surface area contributed by atoms with Crippen LogP contribution in [-0.2, 0) is 0 Å². The maximum Gasteiger partial charge on any atom is 0.253 e. The van der Waals surface area contributed by atoms with E-state index in [2.05, 4.69) is 37.1 Å². The monoisotopic (exact) mass is 396 g/mol. The number of hydrogen-bond donors (Lipinski definition) is 0. The van der Waals surface area contributed by atoms with Gasteiger partial charge in [0.1, 0.15) is 0 Å². The van der Waals surface area contributed by atoms with E-state index in [0.717, 1.165) is 61.3 Å². The highest BCUT2D eigenvalue weighted by Crippen LogP contribution is 2.31. The minimum Gasteiger partial charge on any atom is -0.339 e. The average Bonchev–Trinajstić information content (AvgIpc) is 2.72. The van der Waals surface area contributed by atoms with Gasteiger partial charge in [0, 0.05) is 41.3 Å². The van der Waals surface area contributed by atoms with Crippen molar-refractivity contribution in [2.45, 2.75) is 46.0 Å². The lowest BCUT2D eigenvalue weighted by atomic mass is 10.1. The van der Waals surface area contributed by atoms with Crippen LogP contribution in [0.5, 0.6) is 0 Å². The van der Waals surface area contributed by atoms with Crippen molar-refractivity contribution in [1.82, 2.24) is 4.90 Å². The number of rotatable bonds is 6. The molecule has 0 radical (unpaired) electrons. The predicted molar refractivity (Wildman–Crippen MR) is 119 cm³/mol. The number of nitrogens with zero attached hydrogens (tertiary/aromatic N) is 2. The SMILES string of the molecule is CCC/C=C/N(c1cccc(Cl)c1)c1ccc(C(=O)N2CCCCC2)cc1C. The minimum atomic E-state index is 0.144. The van der Waals surface area contributed by atoms with Crippen LogP contribution >= 0.6 is 11.6 Å². The van der Waals surface area contributed by atoms with Crippen molar-refractivity contribution in [3.05, 3.63) is 70.9 Å². The van der Waals surface area contributed by atoms with Crippen LogP contribution in [0.25, 0.3) is 0 Å².